The Labute approximate surface area is 129 Å². The van der Waals surface area contributed by atoms with Gasteiger partial charge in [-0.25, -0.2) is 9.67 Å². The van der Waals surface area contributed by atoms with Crippen LogP contribution in [0.4, 0.5) is 0 Å². The molecule has 0 bridgehead atoms. The van der Waals surface area contributed by atoms with Crippen molar-refractivity contribution < 1.29 is 4.79 Å². The van der Waals surface area contributed by atoms with Gasteiger partial charge in [0, 0.05) is 12.6 Å². The Hall–Kier alpha value is -2.21. The van der Waals surface area contributed by atoms with E-state index in [0.29, 0.717) is 6.04 Å². The number of aromatic nitrogens is 3. The van der Waals surface area contributed by atoms with E-state index in [9.17, 15) is 4.79 Å². The van der Waals surface area contributed by atoms with Crippen molar-refractivity contribution in [1.82, 2.24) is 25.0 Å². The molecule has 2 saturated heterocycles. The van der Waals surface area contributed by atoms with E-state index in [-0.39, 0.29) is 11.8 Å². The molecule has 2 aromatic rings. The number of hydrogen-bond donors (Lipinski definition) is 1. The Kier molecular flexibility index (Phi) is 3.38. The summed E-state index contributed by atoms with van der Waals surface area (Å²) in [5.74, 6) is 1.27. The number of fused-ring (bicyclic) bond motifs is 1. The minimum absolute atomic E-state index is 0.141. The highest BCUT2D eigenvalue weighted by atomic mass is 16.2. The number of likely N-dealkylation sites (tertiary alicyclic amines) is 1. The van der Waals surface area contributed by atoms with E-state index in [0.717, 1.165) is 44.0 Å². The quantitative estimate of drug-likeness (QED) is 0.917. The van der Waals surface area contributed by atoms with Crippen molar-refractivity contribution in [3.8, 4) is 5.69 Å². The van der Waals surface area contributed by atoms with Crippen LogP contribution in [0.15, 0.2) is 36.7 Å². The molecular formula is C16H19N5O. The van der Waals surface area contributed by atoms with Gasteiger partial charge >= 0.3 is 0 Å². The van der Waals surface area contributed by atoms with Gasteiger partial charge in [0.1, 0.15) is 12.2 Å². The fraction of sp³-hybridized carbons (Fsp3) is 0.438. The van der Waals surface area contributed by atoms with E-state index in [1.165, 1.54) is 0 Å². The number of nitrogens with zero attached hydrogens (tertiary/aromatic N) is 4. The Morgan fingerprint density at radius 1 is 1.27 bits per heavy atom. The molecule has 0 radical (unpaired) electrons. The zero-order chi connectivity index (χ0) is 14.9. The molecule has 1 aromatic carbocycles. The average molecular weight is 297 g/mol. The van der Waals surface area contributed by atoms with Crippen molar-refractivity contribution in [2.24, 2.45) is 5.92 Å². The van der Waals surface area contributed by atoms with Gasteiger partial charge in [0.25, 0.3) is 0 Å². The maximum absolute atomic E-state index is 11.9. The fourth-order valence-corrected chi connectivity index (χ4v) is 3.58. The molecule has 0 unspecified atom stereocenters. The number of rotatable bonds is 3. The van der Waals surface area contributed by atoms with Crippen LogP contribution in [0.1, 0.15) is 18.7 Å². The largest absolute Gasteiger partial charge is 0.354 e. The summed E-state index contributed by atoms with van der Waals surface area (Å²) in [6.45, 7) is 2.49. The maximum Gasteiger partial charge on any atom is 0.224 e. The van der Waals surface area contributed by atoms with E-state index < -0.39 is 0 Å². The second-order valence-electron chi connectivity index (χ2n) is 5.96. The lowest BCUT2D eigenvalue weighted by molar-refractivity contribution is -0.124. The lowest BCUT2D eigenvalue weighted by atomic mass is 9.91. The smallest absolute Gasteiger partial charge is 0.224 e. The average Bonchev–Trinajstić information content (AvgIpc) is 3.16. The topological polar surface area (TPSA) is 63.1 Å². The van der Waals surface area contributed by atoms with E-state index in [2.05, 4.69) is 20.3 Å². The van der Waals surface area contributed by atoms with Crippen LogP contribution in [0, 0.1) is 5.92 Å². The lowest BCUT2D eigenvalue weighted by Crippen LogP contribution is -2.45. The van der Waals surface area contributed by atoms with Crippen LogP contribution in [-0.2, 0) is 11.3 Å². The molecule has 6 heteroatoms. The number of carbonyl (C=O) groups is 1. The number of hydrogen-bond acceptors (Lipinski definition) is 4. The van der Waals surface area contributed by atoms with E-state index in [1.807, 2.05) is 35.0 Å². The van der Waals surface area contributed by atoms with Crippen LogP contribution in [-0.4, -0.2) is 44.7 Å². The Balaban J connectivity index is 1.57. The third-order valence-electron chi connectivity index (χ3n) is 4.68. The van der Waals surface area contributed by atoms with Crippen molar-refractivity contribution in [3.63, 3.8) is 0 Å². The number of nitrogens with one attached hydrogen (secondary N) is 1. The highest BCUT2D eigenvalue weighted by molar-refractivity contribution is 5.82. The van der Waals surface area contributed by atoms with Crippen LogP contribution in [0.5, 0.6) is 0 Å². The van der Waals surface area contributed by atoms with Crippen molar-refractivity contribution in [2.75, 3.05) is 13.1 Å². The van der Waals surface area contributed by atoms with Crippen molar-refractivity contribution in [3.05, 3.63) is 42.5 Å². The predicted octanol–water partition coefficient (Wildman–Crippen LogP) is 0.978. The van der Waals surface area contributed by atoms with Gasteiger partial charge in [0.2, 0.25) is 5.91 Å². The summed E-state index contributed by atoms with van der Waals surface area (Å²) in [7, 11) is 0. The Bertz CT molecular complexity index is 668. The summed E-state index contributed by atoms with van der Waals surface area (Å²) in [4.78, 5) is 18.7. The lowest BCUT2D eigenvalue weighted by Gasteiger charge is -2.35. The normalized spacial score (nSPS) is 25.0. The predicted molar refractivity (Wildman–Crippen MR) is 81.3 cm³/mol. The van der Waals surface area contributed by atoms with E-state index in [4.69, 9.17) is 0 Å². The third kappa shape index (κ3) is 2.29. The summed E-state index contributed by atoms with van der Waals surface area (Å²) in [6, 6.07) is 10.3. The fourth-order valence-electron chi connectivity index (χ4n) is 3.58. The van der Waals surface area contributed by atoms with Gasteiger partial charge in [-0.2, -0.15) is 5.10 Å². The summed E-state index contributed by atoms with van der Waals surface area (Å²) >= 11 is 0. The van der Waals surface area contributed by atoms with Gasteiger partial charge in [0.05, 0.1) is 18.2 Å². The molecular weight excluding hydrogens is 278 g/mol. The molecule has 114 valence electrons. The van der Waals surface area contributed by atoms with E-state index in [1.54, 1.807) is 6.33 Å². The maximum atomic E-state index is 11.9. The summed E-state index contributed by atoms with van der Waals surface area (Å²) in [6.07, 6.45) is 3.66. The number of carbonyl (C=O) groups excluding carboxylic acids is 1. The van der Waals surface area contributed by atoms with Crippen LogP contribution in [0.2, 0.25) is 0 Å². The Morgan fingerprint density at radius 2 is 2.14 bits per heavy atom. The zero-order valence-electron chi connectivity index (χ0n) is 12.4. The van der Waals surface area contributed by atoms with Gasteiger partial charge < -0.3 is 5.32 Å². The SMILES string of the molecule is O=C1NC[C@@H]2[C@H]1CCCN2Cc1ncnn1-c1ccccc1. The molecule has 2 aliphatic heterocycles. The number of amides is 1. The van der Waals surface area contributed by atoms with Crippen LogP contribution in [0.3, 0.4) is 0 Å². The molecule has 0 spiro atoms. The molecule has 3 heterocycles. The standard InChI is InChI=1S/C16H19N5O/c22-16-13-7-4-8-20(14(13)9-17-16)10-15-18-11-19-21(15)12-5-2-1-3-6-12/h1-3,5-6,11,13-14H,4,7-10H2,(H,17,22)/t13-,14-/m1/s1. The summed E-state index contributed by atoms with van der Waals surface area (Å²) in [5.41, 5.74) is 1.02. The number of para-hydroxylation sites is 1. The van der Waals surface area contributed by atoms with Crippen LogP contribution < -0.4 is 5.32 Å². The summed E-state index contributed by atoms with van der Waals surface area (Å²) in [5, 5.41) is 7.34. The van der Waals surface area contributed by atoms with Crippen molar-refractivity contribution in [1.29, 1.82) is 0 Å². The molecule has 1 aromatic heterocycles. The first-order chi connectivity index (χ1) is 10.8. The molecule has 2 atom stereocenters. The Morgan fingerprint density at radius 3 is 3.00 bits per heavy atom. The molecule has 22 heavy (non-hydrogen) atoms. The molecule has 0 aliphatic carbocycles. The van der Waals surface area contributed by atoms with Crippen LogP contribution in [0.25, 0.3) is 5.69 Å². The second kappa shape index (κ2) is 5.53. The first-order valence-corrected chi connectivity index (χ1v) is 7.79. The van der Waals surface area contributed by atoms with Gasteiger partial charge in [-0.3, -0.25) is 9.69 Å². The number of piperidine rings is 1. The van der Waals surface area contributed by atoms with E-state index >= 15 is 0 Å². The van der Waals surface area contributed by atoms with Gasteiger partial charge in [-0.15, -0.1) is 0 Å². The summed E-state index contributed by atoms with van der Waals surface area (Å²) < 4.78 is 1.88. The van der Waals surface area contributed by atoms with Gasteiger partial charge in [-0.1, -0.05) is 18.2 Å². The molecule has 6 nitrogen and oxygen atoms in total. The molecule has 2 fully saturated rings. The third-order valence-corrected chi connectivity index (χ3v) is 4.68. The second-order valence-corrected chi connectivity index (χ2v) is 5.96. The van der Waals surface area contributed by atoms with Gasteiger partial charge in [0.15, 0.2) is 0 Å². The highest BCUT2D eigenvalue weighted by Crippen LogP contribution is 2.28. The first-order valence-electron chi connectivity index (χ1n) is 7.79. The first kappa shape index (κ1) is 13.5. The monoisotopic (exact) mass is 297 g/mol. The zero-order valence-corrected chi connectivity index (χ0v) is 12.4. The number of benzene rings is 1. The highest BCUT2D eigenvalue weighted by Gasteiger charge is 2.40. The minimum atomic E-state index is 0.141. The minimum Gasteiger partial charge on any atom is -0.354 e. The van der Waals surface area contributed by atoms with Gasteiger partial charge in [-0.05, 0) is 31.5 Å². The molecule has 1 N–H and O–H groups in total. The van der Waals surface area contributed by atoms with Crippen LogP contribution >= 0.6 is 0 Å². The molecule has 2 aliphatic rings. The van der Waals surface area contributed by atoms with Crippen molar-refractivity contribution in [2.45, 2.75) is 25.4 Å². The van der Waals surface area contributed by atoms with Crippen molar-refractivity contribution >= 4 is 5.91 Å². The molecule has 0 saturated carbocycles. The molecule has 4 rings (SSSR count). The molecule has 1 amide bonds.